The van der Waals surface area contributed by atoms with Gasteiger partial charge in [-0.05, 0) is 12.1 Å². The van der Waals surface area contributed by atoms with Crippen LogP contribution in [0.25, 0.3) is 11.3 Å². The fourth-order valence-electron chi connectivity index (χ4n) is 1.09. The number of halogens is 1. The molecule has 2 rings (SSSR count). The van der Waals surface area contributed by atoms with E-state index >= 15 is 0 Å². The van der Waals surface area contributed by atoms with Crippen LogP contribution in [0.1, 0.15) is 0 Å². The van der Waals surface area contributed by atoms with E-state index < -0.39 is 0 Å². The number of nitrogens with two attached hydrogens (primary N) is 1. The molecule has 2 aromatic rings. The van der Waals surface area contributed by atoms with Gasteiger partial charge >= 0.3 is 0 Å². The number of benzene rings is 1. The second-order valence-electron chi connectivity index (χ2n) is 2.57. The number of nitrogens with one attached hydrogen (secondary N) is 1. The lowest BCUT2D eigenvalue weighted by atomic mass is 10.1. The van der Waals surface area contributed by atoms with Crippen molar-refractivity contribution in [2.45, 2.75) is 0 Å². The first-order chi connectivity index (χ1) is 6.27. The van der Waals surface area contributed by atoms with E-state index in [0.717, 1.165) is 10.0 Å². The van der Waals surface area contributed by atoms with Gasteiger partial charge in [0.2, 0.25) is 0 Å². The molecule has 0 aliphatic rings. The fraction of sp³-hybridized carbons (Fsp3) is 0. The molecule has 0 unspecified atom stereocenters. The van der Waals surface area contributed by atoms with Crippen LogP contribution in [-0.2, 0) is 0 Å². The summed E-state index contributed by atoms with van der Waals surface area (Å²) in [7, 11) is 0. The number of aromatic nitrogens is 3. The zero-order valence-electron chi connectivity index (χ0n) is 6.66. The van der Waals surface area contributed by atoms with Crippen molar-refractivity contribution in [1.29, 1.82) is 0 Å². The van der Waals surface area contributed by atoms with Crippen LogP contribution in [0.2, 0.25) is 0 Å². The highest BCUT2D eigenvalue weighted by molar-refractivity contribution is 9.10. The van der Waals surface area contributed by atoms with E-state index in [-0.39, 0.29) is 0 Å². The van der Waals surface area contributed by atoms with Gasteiger partial charge in [-0.25, -0.2) is 0 Å². The van der Waals surface area contributed by atoms with Gasteiger partial charge in [0.05, 0.1) is 0 Å². The fourth-order valence-corrected chi connectivity index (χ4v) is 1.49. The first-order valence-electron chi connectivity index (χ1n) is 3.69. The Morgan fingerprint density at radius 1 is 1.31 bits per heavy atom. The molecule has 1 heterocycles. The Balaban J connectivity index is 2.53. The van der Waals surface area contributed by atoms with E-state index in [1.807, 2.05) is 24.3 Å². The van der Waals surface area contributed by atoms with Crippen molar-refractivity contribution < 1.29 is 0 Å². The highest BCUT2D eigenvalue weighted by atomic mass is 79.9. The molecule has 5 heteroatoms. The zero-order valence-corrected chi connectivity index (χ0v) is 8.25. The van der Waals surface area contributed by atoms with Crippen LogP contribution in [0.15, 0.2) is 28.7 Å². The quantitative estimate of drug-likeness (QED) is 0.797. The van der Waals surface area contributed by atoms with E-state index in [0.29, 0.717) is 11.5 Å². The van der Waals surface area contributed by atoms with Crippen LogP contribution in [0.4, 0.5) is 5.82 Å². The summed E-state index contributed by atoms with van der Waals surface area (Å²) in [6.45, 7) is 0. The zero-order chi connectivity index (χ0) is 9.26. The van der Waals surface area contributed by atoms with Crippen LogP contribution in [0.5, 0.6) is 0 Å². The lowest BCUT2D eigenvalue weighted by molar-refractivity contribution is 0.945. The van der Waals surface area contributed by atoms with Crippen molar-refractivity contribution in [2.75, 3.05) is 5.73 Å². The lowest BCUT2D eigenvalue weighted by Gasteiger charge is -1.96. The highest BCUT2D eigenvalue weighted by Gasteiger charge is 2.06. The molecule has 0 amide bonds. The Morgan fingerprint density at radius 3 is 2.77 bits per heavy atom. The third kappa shape index (κ3) is 1.55. The maximum Gasteiger partial charge on any atom is 0.173 e. The summed E-state index contributed by atoms with van der Waals surface area (Å²) in [4.78, 5) is 0. The molecule has 0 saturated heterocycles. The standard InChI is InChI=1S/C8H7BrN4/c9-6-3-1-2-5(4-6)7-8(10)12-13-11-7/h1-4H,(H3,10,11,12,13). The van der Waals surface area contributed by atoms with Crippen molar-refractivity contribution in [3.63, 3.8) is 0 Å². The van der Waals surface area contributed by atoms with Crippen molar-refractivity contribution in [2.24, 2.45) is 0 Å². The van der Waals surface area contributed by atoms with E-state index in [9.17, 15) is 0 Å². The summed E-state index contributed by atoms with van der Waals surface area (Å²) in [5.41, 5.74) is 7.23. The number of hydrogen-bond donors (Lipinski definition) is 2. The number of hydrogen-bond acceptors (Lipinski definition) is 3. The van der Waals surface area contributed by atoms with Gasteiger partial charge in [0.15, 0.2) is 5.82 Å². The Labute approximate surface area is 83.3 Å². The average Bonchev–Trinajstić information content (AvgIpc) is 2.51. The van der Waals surface area contributed by atoms with Gasteiger partial charge in [-0.2, -0.15) is 10.3 Å². The van der Waals surface area contributed by atoms with Gasteiger partial charge in [-0.3, -0.25) is 0 Å². The third-order valence-corrected chi connectivity index (χ3v) is 2.17. The molecule has 13 heavy (non-hydrogen) atoms. The first kappa shape index (κ1) is 8.25. The molecule has 0 fully saturated rings. The number of anilines is 1. The topological polar surface area (TPSA) is 67.6 Å². The average molecular weight is 239 g/mol. The normalized spacial score (nSPS) is 10.2. The van der Waals surface area contributed by atoms with Crippen LogP contribution in [0, 0.1) is 0 Å². The Hall–Kier alpha value is -1.36. The molecular weight excluding hydrogens is 232 g/mol. The molecule has 0 atom stereocenters. The van der Waals surface area contributed by atoms with Crippen LogP contribution >= 0.6 is 15.9 Å². The third-order valence-electron chi connectivity index (χ3n) is 1.67. The van der Waals surface area contributed by atoms with Crippen LogP contribution < -0.4 is 5.73 Å². The minimum Gasteiger partial charge on any atom is -0.380 e. The van der Waals surface area contributed by atoms with Gasteiger partial charge in [-0.1, -0.05) is 28.1 Å². The molecule has 3 N–H and O–H groups in total. The van der Waals surface area contributed by atoms with Crippen molar-refractivity contribution in [1.82, 2.24) is 15.4 Å². The Bertz CT molecular complexity index is 424. The largest absolute Gasteiger partial charge is 0.380 e. The van der Waals surface area contributed by atoms with Crippen molar-refractivity contribution in [3.8, 4) is 11.3 Å². The number of aromatic amines is 1. The molecule has 0 radical (unpaired) electrons. The molecule has 1 aromatic carbocycles. The maximum atomic E-state index is 5.60. The molecule has 66 valence electrons. The second-order valence-corrected chi connectivity index (χ2v) is 3.48. The van der Waals surface area contributed by atoms with Gasteiger partial charge in [0.1, 0.15) is 5.69 Å². The smallest absolute Gasteiger partial charge is 0.173 e. The molecule has 0 bridgehead atoms. The predicted molar refractivity (Wildman–Crippen MR) is 53.9 cm³/mol. The molecule has 0 aliphatic carbocycles. The highest BCUT2D eigenvalue weighted by Crippen LogP contribution is 2.23. The summed E-state index contributed by atoms with van der Waals surface area (Å²) >= 11 is 3.37. The lowest BCUT2D eigenvalue weighted by Crippen LogP contribution is -1.88. The van der Waals surface area contributed by atoms with Crippen molar-refractivity contribution in [3.05, 3.63) is 28.7 Å². The predicted octanol–water partition coefficient (Wildman–Crippen LogP) is 1.82. The summed E-state index contributed by atoms with van der Waals surface area (Å²) in [6, 6.07) is 7.74. The number of nitrogen functional groups attached to an aromatic ring is 1. The molecule has 0 spiro atoms. The number of nitrogens with zero attached hydrogens (tertiary/aromatic N) is 2. The van der Waals surface area contributed by atoms with Gasteiger partial charge in [0.25, 0.3) is 0 Å². The summed E-state index contributed by atoms with van der Waals surface area (Å²) in [5.74, 6) is 0.415. The van der Waals surface area contributed by atoms with Gasteiger partial charge in [-0.15, -0.1) is 5.10 Å². The minimum absolute atomic E-state index is 0.415. The summed E-state index contributed by atoms with van der Waals surface area (Å²) in [6.07, 6.45) is 0. The Kier molecular flexibility index (Phi) is 2.02. The van der Waals surface area contributed by atoms with E-state index in [2.05, 4.69) is 31.3 Å². The van der Waals surface area contributed by atoms with Gasteiger partial charge in [0, 0.05) is 10.0 Å². The number of H-pyrrole nitrogens is 1. The monoisotopic (exact) mass is 238 g/mol. The molecule has 0 aliphatic heterocycles. The SMILES string of the molecule is Nc1n[nH]nc1-c1cccc(Br)c1. The summed E-state index contributed by atoms with van der Waals surface area (Å²) < 4.78 is 0.993. The summed E-state index contributed by atoms with van der Waals surface area (Å²) in [5, 5.41) is 10.2. The van der Waals surface area contributed by atoms with Crippen LogP contribution in [-0.4, -0.2) is 15.4 Å². The van der Waals surface area contributed by atoms with E-state index in [4.69, 9.17) is 5.73 Å². The van der Waals surface area contributed by atoms with Gasteiger partial charge < -0.3 is 5.73 Å². The first-order valence-corrected chi connectivity index (χ1v) is 4.49. The van der Waals surface area contributed by atoms with E-state index in [1.54, 1.807) is 0 Å². The van der Waals surface area contributed by atoms with Crippen LogP contribution in [0.3, 0.4) is 0 Å². The molecular formula is C8H7BrN4. The maximum absolute atomic E-state index is 5.60. The Morgan fingerprint density at radius 2 is 2.15 bits per heavy atom. The second kappa shape index (κ2) is 3.18. The number of rotatable bonds is 1. The minimum atomic E-state index is 0.415. The van der Waals surface area contributed by atoms with Crippen molar-refractivity contribution >= 4 is 21.7 Å². The molecule has 4 nitrogen and oxygen atoms in total. The molecule has 0 saturated carbocycles. The van der Waals surface area contributed by atoms with E-state index in [1.165, 1.54) is 0 Å². The molecule has 1 aromatic heterocycles.